The van der Waals surface area contributed by atoms with Gasteiger partial charge in [-0.25, -0.2) is 0 Å². The minimum Gasteiger partial charge on any atom is -0.339 e. The third-order valence-corrected chi connectivity index (χ3v) is 4.08. The second kappa shape index (κ2) is 7.25. The predicted molar refractivity (Wildman–Crippen MR) is 84.7 cm³/mol. The van der Waals surface area contributed by atoms with Crippen LogP contribution in [0.1, 0.15) is 47.5 Å². The molecule has 0 unspecified atom stereocenters. The van der Waals surface area contributed by atoms with Crippen molar-refractivity contribution in [2.75, 3.05) is 26.2 Å². The van der Waals surface area contributed by atoms with E-state index in [4.69, 9.17) is 5.73 Å². The normalized spacial score (nSPS) is 18.0. The van der Waals surface area contributed by atoms with Crippen LogP contribution in [0.2, 0.25) is 0 Å². The van der Waals surface area contributed by atoms with Gasteiger partial charge in [0.15, 0.2) is 0 Å². The van der Waals surface area contributed by atoms with Gasteiger partial charge in [0, 0.05) is 32.6 Å². The van der Waals surface area contributed by atoms with Gasteiger partial charge in [0.25, 0.3) is 0 Å². The molecule has 0 aliphatic carbocycles. The van der Waals surface area contributed by atoms with E-state index in [2.05, 4.69) is 13.8 Å². The molecule has 0 saturated carbocycles. The molecular formula is C16H31N3O2. The molecule has 0 bridgehead atoms. The summed E-state index contributed by atoms with van der Waals surface area (Å²) < 4.78 is 0. The minimum absolute atomic E-state index is 0.00298. The lowest BCUT2D eigenvalue weighted by atomic mass is 9.86. The minimum atomic E-state index is -0.485. The highest BCUT2D eigenvalue weighted by Crippen LogP contribution is 2.20. The number of nitrogens with two attached hydrogens (primary N) is 1. The van der Waals surface area contributed by atoms with Crippen molar-refractivity contribution in [2.24, 2.45) is 17.1 Å². The summed E-state index contributed by atoms with van der Waals surface area (Å²) in [4.78, 5) is 28.1. The molecule has 1 heterocycles. The molecule has 1 saturated heterocycles. The lowest BCUT2D eigenvalue weighted by molar-refractivity contribution is -0.141. The van der Waals surface area contributed by atoms with E-state index in [-0.39, 0.29) is 17.2 Å². The van der Waals surface area contributed by atoms with Crippen molar-refractivity contribution in [1.29, 1.82) is 0 Å². The lowest BCUT2D eigenvalue weighted by Gasteiger charge is -2.38. The van der Waals surface area contributed by atoms with E-state index in [9.17, 15) is 9.59 Å². The maximum absolute atomic E-state index is 12.3. The number of hydrogen-bond acceptors (Lipinski definition) is 3. The highest BCUT2D eigenvalue weighted by molar-refractivity contribution is 5.83. The van der Waals surface area contributed by atoms with Crippen molar-refractivity contribution in [3.05, 3.63) is 0 Å². The Morgan fingerprint density at radius 2 is 1.52 bits per heavy atom. The van der Waals surface area contributed by atoms with Crippen molar-refractivity contribution in [2.45, 2.75) is 53.5 Å². The van der Waals surface area contributed by atoms with Crippen LogP contribution in [0.5, 0.6) is 0 Å². The molecule has 5 heteroatoms. The van der Waals surface area contributed by atoms with Gasteiger partial charge >= 0.3 is 0 Å². The van der Waals surface area contributed by atoms with Gasteiger partial charge in [-0.3, -0.25) is 9.59 Å². The van der Waals surface area contributed by atoms with Crippen molar-refractivity contribution in [1.82, 2.24) is 9.80 Å². The maximum Gasteiger partial charge on any atom is 0.240 e. The number of carbonyl (C=O) groups excluding carboxylic acids is 2. The van der Waals surface area contributed by atoms with Gasteiger partial charge in [-0.2, -0.15) is 0 Å². The molecule has 1 aliphatic rings. The van der Waals surface area contributed by atoms with E-state index >= 15 is 0 Å². The SMILES string of the molecule is CC(C)CCC(=O)N1CCN(C(=O)[C@@H](N)C(C)(C)C)CC1. The Morgan fingerprint density at radius 3 is 1.95 bits per heavy atom. The van der Waals surface area contributed by atoms with Crippen LogP contribution in [0.3, 0.4) is 0 Å². The van der Waals surface area contributed by atoms with Crippen LogP contribution in [-0.4, -0.2) is 53.8 Å². The molecule has 0 aromatic heterocycles. The molecule has 1 fully saturated rings. The fraction of sp³-hybridized carbons (Fsp3) is 0.875. The topological polar surface area (TPSA) is 66.6 Å². The lowest BCUT2D eigenvalue weighted by Crippen LogP contribution is -2.56. The van der Waals surface area contributed by atoms with Gasteiger partial charge in [-0.15, -0.1) is 0 Å². The maximum atomic E-state index is 12.3. The number of rotatable bonds is 4. The first-order valence-corrected chi connectivity index (χ1v) is 7.95. The van der Waals surface area contributed by atoms with Gasteiger partial charge in [-0.1, -0.05) is 34.6 Å². The van der Waals surface area contributed by atoms with Gasteiger partial charge in [0.2, 0.25) is 11.8 Å². The number of hydrogen-bond donors (Lipinski definition) is 1. The molecule has 5 nitrogen and oxygen atoms in total. The Kier molecular flexibility index (Phi) is 6.20. The summed E-state index contributed by atoms with van der Waals surface area (Å²) in [5.41, 5.74) is 5.79. The largest absolute Gasteiger partial charge is 0.339 e. The third kappa shape index (κ3) is 5.30. The van der Waals surface area contributed by atoms with Gasteiger partial charge < -0.3 is 15.5 Å². The van der Waals surface area contributed by atoms with Gasteiger partial charge in [0.1, 0.15) is 0 Å². The van der Waals surface area contributed by atoms with Crippen LogP contribution < -0.4 is 5.73 Å². The fourth-order valence-electron chi connectivity index (χ4n) is 2.31. The Balaban J connectivity index is 2.45. The molecule has 0 radical (unpaired) electrons. The number of nitrogens with zero attached hydrogens (tertiary/aromatic N) is 2. The Labute approximate surface area is 128 Å². The van der Waals surface area contributed by atoms with E-state index < -0.39 is 6.04 Å². The number of amides is 2. The first-order valence-electron chi connectivity index (χ1n) is 7.95. The van der Waals surface area contributed by atoms with E-state index in [0.717, 1.165) is 6.42 Å². The average Bonchev–Trinajstić information content (AvgIpc) is 2.42. The van der Waals surface area contributed by atoms with Crippen molar-refractivity contribution in [3.63, 3.8) is 0 Å². The fourth-order valence-corrected chi connectivity index (χ4v) is 2.31. The molecule has 2 amide bonds. The summed E-state index contributed by atoms with van der Waals surface area (Å²) in [5, 5.41) is 0. The van der Waals surface area contributed by atoms with E-state index in [1.165, 1.54) is 0 Å². The molecule has 0 aromatic rings. The molecule has 2 N–H and O–H groups in total. The van der Waals surface area contributed by atoms with Crippen LogP contribution in [0.25, 0.3) is 0 Å². The Bertz CT molecular complexity index is 366. The monoisotopic (exact) mass is 297 g/mol. The second-order valence-corrected chi connectivity index (χ2v) is 7.48. The number of piperazine rings is 1. The summed E-state index contributed by atoms with van der Waals surface area (Å²) in [5.74, 6) is 0.745. The summed E-state index contributed by atoms with van der Waals surface area (Å²) in [6, 6.07) is -0.485. The first-order chi connectivity index (χ1) is 9.62. The van der Waals surface area contributed by atoms with Crippen LogP contribution in [0.15, 0.2) is 0 Å². The smallest absolute Gasteiger partial charge is 0.240 e. The third-order valence-electron chi connectivity index (χ3n) is 4.08. The Morgan fingerprint density at radius 1 is 1.05 bits per heavy atom. The number of carbonyl (C=O) groups is 2. The van der Waals surface area contributed by atoms with Crippen LogP contribution in [-0.2, 0) is 9.59 Å². The van der Waals surface area contributed by atoms with E-state index in [1.54, 1.807) is 4.90 Å². The zero-order valence-electron chi connectivity index (χ0n) is 14.2. The Hall–Kier alpha value is -1.10. The van der Waals surface area contributed by atoms with Gasteiger partial charge in [0.05, 0.1) is 6.04 Å². The van der Waals surface area contributed by atoms with E-state index in [1.807, 2.05) is 25.7 Å². The molecule has 1 rings (SSSR count). The summed E-state index contributed by atoms with van der Waals surface area (Å²) in [6.07, 6.45) is 1.53. The van der Waals surface area contributed by atoms with Crippen molar-refractivity contribution in [3.8, 4) is 0 Å². The molecular weight excluding hydrogens is 266 g/mol. The highest BCUT2D eigenvalue weighted by Gasteiger charge is 2.33. The zero-order chi connectivity index (χ0) is 16.2. The molecule has 0 spiro atoms. The quantitative estimate of drug-likeness (QED) is 0.854. The molecule has 1 atom stereocenters. The van der Waals surface area contributed by atoms with Crippen molar-refractivity contribution >= 4 is 11.8 Å². The molecule has 1 aliphatic heterocycles. The standard InChI is InChI=1S/C16H31N3O2/c1-12(2)6-7-13(20)18-8-10-19(11-9-18)15(21)14(17)16(3,4)5/h12,14H,6-11,17H2,1-5H3/t14-/m1/s1. The second-order valence-electron chi connectivity index (χ2n) is 7.48. The highest BCUT2D eigenvalue weighted by atomic mass is 16.2. The molecule has 122 valence electrons. The molecule has 0 aromatic carbocycles. The van der Waals surface area contributed by atoms with Crippen molar-refractivity contribution < 1.29 is 9.59 Å². The zero-order valence-corrected chi connectivity index (χ0v) is 14.2. The van der Waals surface area contributed by atoms with Crippen LogP contribution >= 0.6 is 0 Å². The molecule has 21 heavy (non-hydrogen) atoms. The summed E-state index contributed by atoms with van der Waals surface area (Å²) in [7, 11) is 0. The first kappa shape index (κ1) is 18.0. The average molecular weight is 297 g/mol. The van der Waals surface area contributed by atoms with Gasteiger partial charge in [-0.05, 0) is 17.8 Å². The summed E-state index contributed by atoms with van der Waals surface area (Å²) >= 11 is 0. The summed E-state index contributed by atoms with van der Waals surface area (Å²) in [6.45, 7) is 12.6. The van der Waals surface area contributed by atoms with E-state index in [0.29, 0.717) is 38.5 Å². The predicted octanol–water partition coefficient (Wildman–Crippen LogP) is 1.47. The van der Waals surface area contributed by atoms with Crippen LogP contribution in [0.4, 0.5) is 0 Å². The van der Waals surface area contributed by atoms with Crippen LogP contribution in [0, 0.1) is 11.3 Å².